The lowest BCUT2D eigenvalue weighted by Crippen LogP contribution is -2.42. The number of benzene rings is 1. The van der Waals surface area contributed by atoms with Gasteiger partial charge in [0.25, 0.3) is 0 Å². The van der Waals surface area contributed by atoms with Crippen LogP contribution >= 0.6 is 0 Å². The molecule has 0 radical (unpaired) electrons. The number of hydrogen-bond donors (Lipinski definition) is 0. The van der Waals surface area contributed by atoms with Crippen LogP contribution in [0.4, 0.5) is 0 Å². The molecule has 0 aliphatic heterocycles. The Morgan fingerprint density at radius 2 is 1.68 bits per heavy atom. The van der Waals surface area contributed by atoms with E-state index in [1.807, 2.05) is 17.7 Å². The van der Waals surface area contributed by atoms with Gasteiger partial charge in [-0.05, 0) is 34.7 Å². The highest BCUT2D eigenvalue weighted by Gasteiger charge is 2.23. The number of aromatic nitrogens is 1. The number of nitrogens with zero attached hydrogens (tertiary/aromatic N) is 1. The molecule has 2 rings (SSSR count). The van der Waals surface area contributed by atoms with Gasteiger partial charge in [-0.15, -0.1) is 0 Å². The van der Waals surface area contributed by atoms with E-state index >= 15 is 0 Å². The summed E-state index contributed by atoms with van der Waals surface area (Å²) in [5.41, 5.74) is 5.12. The molecule has 0 atom stereocenters. The van der Waals surface area contributed by atoms with Crippen molar-refractivity contribution in [1.82, 2.24) is 0 Å². The number of pyridine rings is 1. The van der Waals surface area contributed by atoms with E-state index in [2.05, 4.69) is 71.6 Å². The fourth-order valence-electron chi connectivity index (χ4n) is 2.58. The molecule has 0 bridgehead atoms. The Labute approximate surface area is 138 Å². The Balaban J connectivity index is 2.74. The first kappa shape index (κ1) is 15.5. The molecule has 2 aromatic rings. The first-order valence-electron chi connectivity index (χ1n) is 8.54. The zero-order valence-electron chi connectivity index (χ0n) is 16.3. The van der Waals surface area contributed by atoms with Gasteiger partial charge in [0.1, 0.15) is 8.42 Å². The van der Waals surface area contributed by atoms with E-state index in [9.17, 15) is 0 Å². The van der Waals surface area contributed by atoms with Crippen LogP contribution in [0.25, 0.3) is 11.3 Å². The van der Waals surface area contributed by atoms with Gasteiger partial charge in [0.15, 0.2) is 6.17 Å². The van der Waals surface area contributed by atoms with E-state index < -0.39 is 8.07 Å². The molecule has 0 amide bonds. The summed E-state index contributed by atoms with van der Waals surface area (Å²) in [6, 6.07) is 11.1. The van der Waals surface area contributed by atoms with Gasteiger partial charge in [0, 0.05) is 17.7 Å². The van der Waals surface area contributed by atoms with E-state index in [0.29, 0.717) is 6.17 Å². The number of hydrogen-bond acceptors (Lipinski definition) is 0. The Morgan fingerprint density at radius 1 is 1.05 bits per heavy atom. The zero-order chi connectivity index (χ0) is 17.6. The van der Waals surface area contributed by atoms with Crippen molar-refractivity contribution in [3.63, 3.8) is 0 Å². The summed E-state index contributed by atoms with van der Waals surface area (Å²) in [7, 11) is 0.542. The molecule has 0 unspecified atom stereocenters. The van der Waals surface area contributed by atoms with Gasteiger partial charge in [-0.25, -0.2) is 4.57 Å². The molecule has 1 aromatic heterocycles. The van der Waals surface area contributed by atoms with Crippen molar-refractivity contribution in [3.8, 4) is 11.3 Å². The van der Waals surface area contributed by atoms with Gasteiger partial charge in [-0.1, -0.05) is 52.5 Å². The molecule has 118 valence electrons. The van der Waals surface area contributed by atoms with Crippen molar-refractivity contribution in [3.05, 3.63) is 47.6 Å². The van der Waals surface area contributed by atoms with Gasteiger partial charge >= 0.3 is 0 Å². The maximum absolute atomic E-state index is 8.36. The van der Waals surface area contributed by atoms with Gasteiger partial charge < -0.3 is 0 Å². The van der Waals surface area contributed by atoms with Crippen LogP contribution in [-0.4, -0.2) is 8.07 Å². The maximum Gasteiger partial charge on any atom is 0.212 e. The minimum atomic E-state index is -1.45. The van der Waals surface area contributed by atoms with Crippen molar-refractivity contribution >= 4 is 13.3 Å². The fraction of sp³-hybridized carbons (Fsp3) is 0.450. The van der Waals surface area contributed by atoms with Crippen LogP contribution in [0.5, 0.6) is 0 Å². The van der Waals surface area contributed by atoms with Crippen LogP contribution in [0, 0.1) is 6.92 Å². The van der Waals surface area contributed by atoms with Crippen molar-refractivity contribution < 1.29 is 5.94 Å². The second-order valence-corrected chi connectivity index (χ2v) is 13.4. The monoisotopic (exact) mass is 313 g/mol. The third-order valence-electron chi connectivity index (χ3n) is 4.31. The van der Waals surface area contributed by atoms with E-state index in [1.54, 1.807) is 0 Å². The second-order valence-electron chi connectivity index (χ2n) is 8.35. The predicted octanol–water partition coefficient (Wildman–Crippen LogP) is 4.33. The minimum Gasteiger partial charge on any atom is -0.201 e. The predicted molar refractivity (Wildman–Crippen MR) is 99.5 cm³/mol. The highest BCUT2D eigenvalue weighted by atomic mass is 28.3. The van der Waals surface area contributed by atoms with E-state index in [0.717, 1.165) is 5.69 Å². The Hall–Kier alpha value is -1.41. The third-order valence-corrected chi connectivity index (χ3v) is 6.33. The van der Waals surface area contributed by atoms with E-state index in [4.69, 9.17) is 1.37 Å². The second kappa shape index (κ2) is 5.66. The molecule has 1 nitrogen and oxygen atoms in total. The average Bonchev–Trinajstić information content (AvgIpc) is 2.40. The molecule has 1 heterocycles. The summed E-state index contributed by atoms with van der Waals surface area (Å²) in [6.45, 7) is 15.9. The summed E-state index contributed by atoms with van der Waals surface area (Å²) in [4.78, 5) is 0. The molecule has 0 saturated heterocycles. The molecule has 0 fully saturated rings. The zero-order valence-corrected chi connectivity index (χ0v) is 16.3. The summed E-state index contributed by atoms with van der Waals surface area (Å²) >= 11 is 0. The van der Waals surface area contributed by atoms with Gasteiger partial charge in [0.2, 0.25) is 5.69 Å². The smallest absolute Gasteiger partial charge is 0.201 e. The van der Waals surface area contributed by atoms with Crippen molar-refractivity contribution in [1.29, 1.82) is 0 Å². The van der Waals surface area contributed by atoms with Crippen LogP contribution < -0.4 is 9.75 Å². The lowest BCUT2D eigenvalue weighted by molar-refractivity contribution is -0.660. The van der Waals surface area contributed by atoms with Crippen LogP contribution in [0.1, 0.15) is 33.3 Å². The van der Waals surface area contributed by atoms with Crippen LogP contribution in [0.15, 0.2) is 36.5 Å². The van der Waals surface area contributed by atoms with Crippen molar-refractivity contribution in [2.45, 2.75) is 52.8 Å². The van der Waals surface area contributed by atoms with Crippen LogP contribution in [-0.2, 0) is 12.5 Å². The molecule has 0 aliphatic rings. The van der Waals surface area contributed by atoms with Gasteiger partial charge in [-0.2, -0.15) is 0 Å². The molecule has 0 spiro atoms. The first-order chi connectivity index (χ1) is 10.4. The number of aryl methyl sites for hydroxylation is 1. The van der Waals surface area contributed by atoms with Crippen molar-refractivity contribution in [2.24, 2.45) is 7.05 Å². The normalized spacial score (nSPS) is 13.2. The largest absolute Gasteiger partial charge is 0.212 e. The quantitative estimate of drug-likeness (QED) is 0.574. The Morgan fingerprint density at radius 3 is 2.23 bits per heavy atom. The van der Waals surface area contributed by atoms with Gasteiger partial charge in [0.05, 0.1) is 8.07 Å². The average molecular weight is 314 g/mol. The standard InChI is InChI=1S/C20H30NSi/c1-15-9-10-16(20(2,3)4)13-18(15)19-14-17(22(6,7)8)11-12-21(19)5/h9-14H,1-8H3/q+1/i12D. The lowest BCUT2D eigenvalue weighted by Gasteiger charge is -2.21. The highest BCUT2D eigenvalue weighted by Crippen LogP contribution is 2.28. The fourth-order valence-corrected chi connectivity index (χ4v) is 3.64. The summed E-state index contributed by atoms with van der Waals surface area (Å²) < 4.78 is 10.4. The maximum atomic E-state index is 8.36. The molecule has 2 heteroatoms. The SMILES string of the molecule is [2H]c1cc([Si](C)(C)C)cc(-c2cc(C(C)(C)C)ccc2C)[n+]1C. The molecule has 0 aliphatic carbocycles. The molecule has 1 aromatic carbocycles. The molecular weight excluding hydrogens is 282 g/mol. The molecule has 22 heavy (non-hydrogen) atoms. The summed E-state index contributed by atoms with van der Waals surface area (Å²) in [6.07, 6.45) is 0.584. The van der Waals surface area contributed by atoms with E-state index in [1.165, 1.54) is 21.9 Å². The topological polar surface area (TPSA) is 3.88 Å². The lowest BCUT2D eigenvalue weighted by atomic mass is 9.85. The van der Waals surface area contributed by atoms with Crippen molar-refractivity contribution in [2.75, 3.05) is 0 Å². The first-order valence-corrected chi connectivity index (χ1v) is 11.5. The van der Waals surface area contributed by atoms with E-state index in [-0.39, 0.29) is 5.41 Å². The summed E-state index contributed by atoms with van der Waals surface area (Å²) in [5.74, 6) is 0. The molecule has 0 saturated carbocycles. The van der Waals surface area contributed by atoms with Crippen LogP contribution in [0.3, 0.4) is 0 Å². The third kappa shape index (κ3) is 3.49. The van der Waals surface area contributed by atoms with Gasteiger partial charge in [-0.3, -0.25) is 0 Å². The highest BCUT2D eigenvalue weighted by molar-refractivity contribution is 6.88. The molecular formula is C20H30NSi+. The Kier molecular flexibility index (Phi) is 3.98. The van der Waals surface area contributed by atoms with Crippen LogP contribution in [0.2, 0.25) is 19.6 Å². The Bertz CT molecular complexity index is 737. The minimum absolute atomic E-state index is 0.126. The number of rotatable bonds is 2. The summed E-state index contributed by atoms with van der Waals surface area (Å²) in [5, 5.41) is 1.34. The molecule has 0 N–H and O–H groups in total.